The van der Waals surface area contributed by atoms with Crippen LogP contribution in [0.15, 0.2) is 48.1 Å². The van der Waals surface area contributed by atoms with E-state index in [-0.39, 0.29) is 0 Å². The van der Waals surface area contributed by atoms with Crippen LogP contribution >= 0.6 is 11.3 Å². The van der Waals surface area contributed by atoms with Gasteiger partial charge < -0.3 is 5.32 Å². The number of nitrogens with zero attached hydrogens (tertiary/aromatic N) is 2. The quantitative estimate of drug-likeness (QED) is 0.774. The minimum Gasteiger partial charge on any atom is -0.364 e. The van der Waals surface area contributed by atoms with E-state index in [9.17, 15) is 0 Å². The number of thiophene rings is 1. The molecule has 0 saturated carbocycles. The number of aromatic nitrogens is 2. The predicted molar refractivity (Wildman–Crippen MR) is 75.5 cm³/mol. The maximum atomic E-state index is 4.26. The molecule has 0 aliphatic carbocycles. The summed E-state index contributed by atoms with van der Waals surface area (Å²) in [4.78, 5) is 9.50. The Hall–Kier alpha value is -1.94. The summed E-state index contributed by atoms with van der Waals surface area (Å²) < 4.78 is 0. The van der Waals surface area contributed by atoms with Crippen LogP contribution < -0.4 is 5.32 Å². The molecule has 18 heavy (non-hydrogen) atoms. The highest BCUT2D eigenvalue weighted by Crippen LogP contribution is 2.23. The number of anilines is 1. The molecular formula is C14H12N3S. The molecule has 0 unspecified atom stereocenters. The summed E-state index contributed by atoms with van der Waals surface area (Å²) in [5.74, 6) is 0.872. The first kappa shape index (κ1) is 11.2. The average Bonchev–Trinajstić information content (AvgIpc) is 2.89. The standard InChI is InChI=1S/C14H12N3S/c1-2-4-11(5-3-1)6-8-15-13-12-7-9-18-14(12)17-10-16-13/h1-5,7-10H,6H2,(H,15,16,17). The fraction of sp³-hybridized carbons (Fsp3) is 0.0714. The van der Waals surface area contributed by atoms with E-state index in [0.717, 1.165) is 22.5 Å². The molecule has 0 aliphatic heterocycles. The zero-order chi connectivity index (χ0) is 12.2. The second-order valence-electron chi connectivity index (χ2n) is 3.90. The molecule has 0 spiro atoms. The molecule has 0 aliphatic rings. The first-order valence-corrected chi connectivity index (χ1v) is 6.62. The van der Waals surface area contributed by atoms with Crippen LogP contribution in [-0.4, -0.2) is 9.97 Å². The van der Waals surface area contributed by atoms with Gasteiger partial charge in [0.15, 0.2) is 0 Å². The van der Waals surface area contributed by atoms with Crippen molar-refractivity contribution < 1.29 is 0 Å². The lowest BCUT2D eigenvalue weighted by molar-refractivity contribution is 1.12. The van der Waals surface area contributed by atoms with Crippen molar-refractivity contribution in [3.05, 3.63) is 60.2 Å². The van der Waals surface area contributed by atoms with E-state index in [4.69, 9.17) is 0 Å². The van der Waals surface area contributed by atoms with E-state index < -0.39 is 0 Å². The lowest BCUT2D eigenvalue weighted by Crippen LogP contribution is -2.00. The average molecular weight is 254 g/mol. The van der Waals surface area contributed by atoms with Crippen LogP contribution in [0.4, 0.5) is 5.82 Å². The van der Waals surface area contributed by atoms with Crippen molar-refractivity contribution in [1.29, 1.82) is 0 Å². The molecule has 3 aromatic rings. The van der Waals surface area contributed by atoms with Gasteiger partial charge in [0.1, 0.15) is 17.0 Å². The normalized spacial score (nSPS) is 10.7. The predicted octanol–water partition coefficient (Wildman–Crippen LogP) is 3.51. The highest BCUT2D eigenvalue weighted by Gasteiger charge is 2.03. The molecule has 3 rings (SSSR count). The van der Waals surface area contributed by atoms with Gasteiger partial charge >= 0.3 is 0 Å². The molecule has 2 heterocycles. The third kappa shape index (κ3) is 2.33. The number of fused-ring (bicyclic) bond motifs is 1. The van der Waals surface area contributed by atoms with Gasteiger partial charge in [-0.1, -0.05) is 30.3 Å². The van der Waals surface area contributed by atoms with Crippen LogP contribution in [-0.2, 0) is 6.42 Å². The molecule has 2 aromatic heterocycles. The lowest BCUT2D eigenvalue weighted by Gasteiger charge is -2.05. The Morgan fingerprint density at radius 2 is 2.00 bits per heavy atom. The van der Waals surface area contributed by atoms with E-state index in [2.05, 4.69) is 27.4 Å². The fourth-order valence-electron chi connectivity index (χ4n) is 1.78. The summed E-state index contributed by atoms with van der Waals surface area (Å²) in [5.41, 5.74) is 1.28. The van der Waals surface area contributed by atoms with Gasteiger partial charge in [0, 0.05) is 0 Å². The van der Waals surface area contributed by atoms with E-state index in [0.29, 0.717) is 0 Å². The van der Waals surface area contributed by atoms with Gasteiger partial charge in [-0.05, 0) is 23.4 Å². The van der Waals surface area contributed by atoms with Crippen molar-refractivity contribution in [3.8, 4) is 0 Å². The zero-order valence-electron chi connectivity index (χ0n) is 9.71. The summed E-state index contributed by atoms with van der Waals surface area (Å²) in [6, 6.07) is 12.4. The monoisotopic (exact) mass is 254 g/mol. The van der Waals surface area contributed by atoms with Crippen LogP contribution in [0.5, 0.6) is 0 Å². The van der Waals surface area contributed by atoms with E-state index in [1.807, 2.05) is 36.2 Å². The molecular weight excluding hydrogens is 242 g/mol. The Morgan fingerprint density at radius 1 is 1.11 bits per heavy atom. The molecule has 0 bridgehead atoms. The van der Waals surface area contributed by atoms with Crippen LogP contribution in [0.25, 0.3) is 10.2 Å². The molecule has 1 aromatic carbocycles. The number of benzene rings is 1. The molecule has 0 atom stereocenters. The first-order valence-electron chi connectivity index (χ1n) is 5.74. The summed E-state index contributed by atoms with van der Waals surface area (Å²) in [6.07, 6.45) is 2.47. The largest absolute Gasteiger partial charge is 0.364 e. The van der Waals surface area contributed by atoms with Crippen LogP contribution in [0.3, 0.4) is 0 Å². The second-order valence-corrected chi connectivity index (χ2v) is 4.79. The smallest absolute Gasteiger partial charge is 0.138 e. The van der Waals surface area contributed by atoms with Crippen LogP contribution in [0, 0.1) is 6.54 Å². The Balaban J connectivity index is 1.68. The maximum Gasteiger partial charge on any atom is 0.138 e. The van der Waals surface area contributed by atoms with Gasteiger partial charge in [-0.2, -0.15) is 0 Å². The molecule has 0 fully saturated rings. The van der Waals surface area contributed by atoms with Crippen LogP contribution in [0.2, 0.25) is 0 Å². The Labute approximate surface area is 110 Å². The van der Waals surface area contributed by atoms with Crippen molar-refractivity contribution in [2.75, 3.05) is 5.32 Å². The molecule has 4 heteroatoms. The molecule has 89 valence electrons. The fourth-order valence-corrected chi connectivity index (χ4v) is 2.52. The summed E-state index contributed by atoms with van der Waals surface area (Å²) in [6.45, 7) is 2.02. The SMILES string of the molecule is [CH](Cc1ccccc1)Nc1ncnc2sccc12. The summed E-state index contributed by atoms with van der Waals surface area (Å²) in [5, 5.41) is 6.36. The van der Waals surface area contributed by atoms with Crippen molar-refractivity contribution in [2.45, 2.75) is 6.42 Å². The van der Waals surface area contributed by atoms with Crippen molar-refractivity contribution in [3.63, 3.8) is 0 Å². The third-order valence-electron chi connectivity index (χ3n) is 2.68. The highest BCUT2D eigenvalue weighted by atomic mass is 32.1. The molecule has 1 N–H and O–H groups in total. The Bertz CT molecular complexity index is 634. The topological polar surface area (TPSA) is 37.8 Å². The number of hydrogen-bond acceptors (Lipinski definition) is 4. The zero-order valence-corrected chi connectivity index (χ0v) is 10.5. The van der Waals surface area contributed by atoms with E-state index in [1.165, 1.54) is 5.56 Å². The first-order chi connectivity index (χ1) is 8.93. The Morgan fingerprint density at radius 3 is 2.89 bits per heavy atom. The van der Waals surface area contributed by atoms with Gasteiger partial charge in [0.05, 0.1) is 11.9 Å². The van der Waals surface area contributed by atoms with Crippen molar-refractivity contribution in [2.24, 2.45) is 0 Å². The number of rotatable bonds is 4. The molecule has 0 saturated heterocycles. The summed E-state index contributed by atoms with van der Waals surface area (Å²) >= 11 is 1.63. The maximum absolute atomic E-state index is 4.26. The number of nitrogens with one attached hydrogen (secondary N) is 1. The second kappa shape index (κ2) is 5.14. The molecule has 1 radical (unpaired) electrons. The van der Waals surface area contributed by atoms with Crippen molar-refractivity contribution >= 4 is 27.4 Å². The van der Waals surface area contributed by atoms with Gasteiger partial charge in [-0.25, -0.2) is 9.97 Å². The minimum atomic E-state index is 0.872. The minimum absolute atomic E-state index is 0.872. The third-order valence-corrected chi connectivity index (χ3v) is 3.50. The highest BCUT2D eigenvalue weighted by molar-refractivity contribution is 7.16. The molecule has 3 nitrogen and oxygen atoms in total. The van der Waals surface area contributed by atoms with Gasteiger partial charge in [-0.3, -0.25) is 0 Å². The van der Waals surface area contributed by atoms with Gasteiger partial charge in [-0.15, -0.1) is 11.3 Å². The number of hydrogen-bond donors (Lipinski definition) is 1. The van der Waals surface area contributed by atoms with Crippen molar-refractivity contribution in [1.82, 2.24) is 9.97 Å². The van der Waals surface area contributed by atoms with Gasteiger partial charge in [0.2, 0.25) is 0 Å². The lowest BCUT2D eigenvalue weighted by atomic mass is 10.1. The van der Waals surface area contributed by atoms with Crippen LogP contribution in [0.1, 0.15) is 5.56 Å². The Kier molecular flexibility index (Phi) is 3.19. The van der Waals surface area contributed by atoms with E-state index in [1.54, 1.807) is 17.7 Å². The summed E-state index contributed by atoms with van der Waals surface area (Å²) in [7, 11) is 0. The van der Waals surface area contributed by atoms with Gasteiger partial charge in [0.25, 0.3) is 0 Å². The molecule has 0 amide bonds. The van der Waals surface area contributed by atoms with E-state index >= 15 is 0 Å².